The van der Waals surface area contributed by atoms with Gasteiger partial charge in [0.2, 0.25) is 0 Å². The molecule has 0 saturated carbocycles. The summed E-state index contributed by atoms with van der Waals surface area (Å²) in [6.45, 7) is 1.78. The number of hydrogen-bond donors (Lipinski definition) is 1. The lowest BCUT2D eigenvalue weighted by Crippen LogP contribution is -2.14. The molecular weight excluding hydrogens is 182 g/mol. The molecule has 0 aliphatic rings. The van der Waals surface area contributed by atoms with Gasteiger partial charge < -0.3 is 10.6 Å². The van der Waals surface area contributed by atoms with Crippen molar-refractivity contribution in [2.24, 2.45) is 5.73 Å². The number of thiazole rings is 1. The maximum atomic E-state index is 5.46. The molecule has 0 spiro atoms. The summed E-state index contributed by atoms with van der Waals surface area (Å²) in [7, 11) is 4.16. The molecular formula is C9H17N3S. The van der Waals surface area contributed by atoms with E-state index in [2.05, 4.69) is 24.0 Å². The molecule has 74 valence electrons. The third-order valence-corrected chi connectivity index (χ3v) is 2.88. The molecule has 0 aliphatic carbocycles. The van der Waals surface area contributed by atoms with Crippen LogP contribution in [-0.4, -0.2) is 37.1 Å². The van der Waals surface area contributed by atoms with E-state index in [4.69, 9.17) is 5.73 Å². The van der Waals surface area contributed by atoms with Crippen LogP contribution in [0.2, 0.25) is 0 Å². The fraction of sp³-hybridized carbons (Fsp3) is 0.667. The zero-order chi connectivity index (χ0) is 9.68. The van der Waals surface area contributed by atoms with Crippen LogP contribution in [0.4, 0.5) is 0 Å². The van der Waals surface area contributed by atoms with Crippen molar-refractivity contribution in [3.63, 3.8) is 0 Å². The van der Waals surface area contributed by atoms with Crippen molar-refractivity contribution in [3.05, 3.63) is 16.1 Å². The lowest BCUT2D eigenvalue weighted by Gasteiger charge is -2.06. The van der Waals surface area contributed by atoms with Gasteiger partial charge in [0.15, 0.2) is 0 Å². The molecule has 1 rings (SSSR count). The van der Waals surface area contributed by atoms with Crippen LogP contribution >= 0.6 is 11.3 Å². The first-order chi connectivity index (χ1) is 6.22. The summed E-state index contributed by atoms with van der Waals surface area (Å²) in [5, 5.41) is 1.22. The molecule has 13 heavy (non-hydrogen) atoms. The van der Waals surface area contributed by atoms with Crippen LogP contribution in [0, 0.1) is 0 Å². The molecule has 0 aromatic carbocycles. The SMILES string of the molecule is CN(C)CCc1ncc(CCN)s1. The van der Waals surface area contributed by atoms with Crippen molar-refractivity contribution >= 4 is 11.3 Å². The number of likely N-dealkylation sites (N-methyl/N-ethyl adjacent to an activating group) is 1. The second kappa shape index (κ2) is 5.32. The minimum absolute atomic E-state index is 0.718. The Labute approximate surface area is 83.6 Å². The molecule has 0 unspecified atom stereocenters. The van der Waals surface area contributed by atoms with Crippen molar-refractivity contribution in [3.8, 4) is 0 Å². The maximum absolute atomic E-state index is 5.46. The maximum Gasteiger partial charge on any atom is 0.0940 e. The van der Waals surface area contributed by atoms with Crippen LogP contribution in [-0.2, 0) is 12.8 Å². The van der Waals surface area contributed by atoms with Crippen molar-refractivity contribution in [2.75, 3.05) is 27.2 Å². The predicted molar refractivity (Wildman–Crippen MR) is 57.1 cm³/mol. The Morgan fingerprint density at radius 2 is 2.23 bits per heavy atom. The number of nitrogens with zero attached hydrogens (tertiary/aromatic N) is 2. The molecule has 0 atom stereocenters. The normalized spacial score (nSPS) is 11.1. The molecule has 4 heteroatoms. The summed E-state index contributed by atoms with van der Waals surface area (Å²) < 4.78 is 0. The van der Waals surface area contributed by atoms with E-state index in [0.717, 1.165) is 25.9 Å². The summed E-state index contributed by atoms with van der Waals surface area (Å²) in [6, 6.07) is 0. The van der Waals surface area contributed by atoms with E-state index in [-0.39, 0.29) is 0 Å². The first kappa shape index (κ1) is 10.6. The lowest BCUT2D eigenvalue weighted by atomic mass is 10.4. The van der Waals surface area contributed by atoms with Crippen LogP contribution in [0.25, 0.3) is 0 Å². The Bertz CT molecular complexity index is 245. The van der Waals surface area contributed by atoms with E-state index < -0.39 is 0 Å². The van der Waals surface area contributed by atoms with Crippen LogP contribution in [0.3, 0.4) is 0 Å². The highest BCUT2D eigenvalue weighted by Crippen LogP contribution is 2.13. The predicted octanol–water partition coefficient (Wildman–Crippen LogP) is 0.748. The second-order valence-corrected chi connectivity index (χ2v) is 4.51. The van der Waals surface area contributed by atoms with Gasteiger partial charge in [-0.1, -0.05) is 0 Å². The molecule has 1 heterocycles. The topological polar surface area (TPSA) is 42.2 Å². The smallest absolute Gasteiger partial charge is 0.0940 e. The molecule has 0 aliphatic heterocycles. The van der Waals surface area contributed by atoms with Gasteiger partial charge in [0.1, 0.15) is 0 Å². The third-order valence-electron chi connectivity index (χ3n) is 1.77. The molecule has 0 amide bonds. The molecule has 2 N–H and O–H groups in total. The number of rotatable bonds is 5. The van der Waals surface area contributed by atoms with E-state index in [9.17, 15) is 0 Å². The van der Waals surface area contributed by atoms with Crippen LogP contribution in [0.15, 0.2) is 6.20 Å². The first-order valence-electron chi connectivity index (χ1n) is 4.50. The van der Waals surface area contributed by atoms with Crippen molar-refractivity contribution < 1.29 is 0 Å². The molecule has 0 bridgehead atoms. The largest absolute Gasteiger partial charge is 0.330 e. The quantitative estimate of drug-likeness (QED) is 0.761. The molecule has 0 saturated heterocycles. The van der Waals surface area contributed by atoms with Gasteiger partial charge >= 0.3 is 0 Å². The average Bonchev–Trinajstić information content (AvgIpc) is 2.50. The van der Waals surface area contributed by atoms with Crippen LogP contribution in [0.5, 0.6) is 0 Å². The van der Waals surface area contributed by atoms with Crippen molar-refractivity contribution in [2.45, 2.75) is 12.8 Å². The number of nitrogens with two attached hydrogens (primary N) is 1. The summed E-state index contributed by atoms with van der Waals surface area (Å²) in [4.78, 5) is 7.82. The minimum atomic E-state index is 0.718. The van der Waals surface area contributed by atoms with Gasteiger partial charge in [0.05, 0.1) is 5.01 Å². The standard InChI is InChI=1S/C9H17N3S/c1-12(2)6-4-9-11-7-8(13-9)3-5-10/h7H,3-6,10H2,1-2H3. The van der Waals surface area contributed by atoms with Gasteiger partial charge in [-0.05, 0) is 27.1 Å². The fourth-order valence-corrected chi connectivity index (χ4v) is 1.97. The highest BCUT2D eigenvalue weighted by atomic mass is 32.1. The van der Waals surface area contributed by atoms with Gasteiger partial charge in [-0.15, -0.1) is 11.3 Å². The first-order valence-corrected chi connectivity index (χ1v) is 5.32. The summed E-state index contributed by atoms with van der Waals surface area (Å²) in [5.41, 5.74) is 5.46. The average molecular weight is 199 g/mol. The van der Waals surface area contributed by atoms with Gasteiger partial charge in [0.25, 0.3) is 0 Å². The van der Waals surface area contributed by atoms with Crippen molar-refractivity contribution in [1.82, 2.24) is 9.88 Å². The zero-order valence-corrected chi connectivity index (χ0v) is 9.10. The highest BCUT2D eigenvalue weighted by Gasteiger charge is 2.01. The zero-order valence-electron chi connectivity index (χ0n) is 8.29. The van der Waals surface area contributed by atoms with Crippen molar-refractivity contribution in [1.29, 1.82) is 0 Å². The third kappa shape index (κ3) is 3.85. The Hall–Kier alpha value is -0.450. The molecule has 0 fully saturated rings. The van der Waals surface area contributed by atoms with E-state index in [1.807, 2.05) is 6.20 Å². The molecule has 0 radical (unpaired) electrons. The van der Waals surface area contributed by atoms with Gasteiger partial charge in [-0.25, -0.2) is 4.98 Å². The summed E-state index contributed by atoms with van der Waals surface area (Å²) >= 11 is 1.78. The Balaban J connectivity index is 2.39. The van der Waals surface area contributed by atoms with Gasteiger partial charge in [-0.2, -0.15) is 0 Å². The second-order valence-electron chi connectivity index (χ2n) is 3.31. The number of hydrogen-bond acceptors (Lipinski definition) is 4. The Kier molecular flexibility index (Phi) is 4.35. The molecule has 3 nitrogen and oxygen atoms in total. The van der Waals surface area contributed by atoms with Crippen LogP contribution in [0.1, 0.15) is 9.88 Å². The van der Waals surface area contributed by atoms with Crippen LogP contribution < -0.4 is 5.73 Å². The lowest BCUT2D eigenvalue weighted by molar-refractivity contribution is 0.413. The van der Waals surface area contributed by atoms with E-state index in [0.29, 0.717) is 0 Å². The monoisotopic (exact) mass is 199 g/mol. The Morgan fingerprint density at radius 1 is 1.46 bits per heavy atom. The van der Waals surface area contributed by atoms with E-state index >= 15 is 0 Å². The molecule has 1 aromatic rings. The van der Waals surface area contributed by atoms with E-state index in [1.165, 1.54) is 9.88 Å². The fourth-order valence-electron chi connectivity index (χ4n) is 1.04. The van der Waals surface area contributed by atoms with Gasteiger partial charge in [0, 0.05) is 24.0 Å². The Morgan fingerprint density at radius 3 is 2.85 bits per heavy atom. The summed E-state index contributed by atoms with van der Waals surface area (Å²) in [6.07, 6.45) is 3.95. The molecule has 1 aromatic heterocycles. The number of aromatic nitrogens is 1. The van der Waals surface area contributed by atoms with E-state index in [1.54, 1.807) is 11.3 Å². The summed E-state index contributed by atoms with van der Waals surface area (Å²) in [5.74, 6) is 0. The van der Waals surface area contributed by atoms with Gasteiger partial charge in [-0.3, -0.25) is 0 Å². The minimum Gasteiger partial charge on any atom is -0.330 e. The highest BCUT2D eigenvalue weighted by molar-refractivity contribution is 7.11.